The van der Waals surface area contributed by atoms with Crippen LogP contribution in [0.25, 0.3) is 0 Å². The molecule has 1 aliphatic heterocycles. The summed E-state index contributed by atoms with van der Waals surface area (Å²) in [4.78, 5) is 0. The second-order valence-corrected chi connectivity index (χ2v) is 6.09. The highest BCUT2D eigenvalue weighted by Gasteiger charge is 2.11. The lowest BCUT2D eigenvalue weighted by Crippen LogP contribution is -2.13. The summed E-state index contributed by atoms with van der Waals surface area (Å²) < 4.78 is 28.4. The van der Waals surface area contributed by atoms with E-state index in [1.807, 2.05) is 24.3 Å². The Balaban J connectivity index is 1.84. The molecule has 5 nitrogen and oxygen atoms in total. The fourth-order valence-corrected chi connectivity index (χ4v) is 3.08. The van der Waals surface area contributed by atoms with Crippen molar-refractivity contribution >= 4 is 0 Å². The molecule has 27 heavy (non-hydrogen) atoms. The Morgan fingerprint density at radius 2 is 1.15 bits per heavy atom. The SMILES string of the molecule is COc1c2cccc1OCCOCCOc1cccc(c1OC)C/C=C\C2. The van der Waals surface area contributed by atoms with Gasteiger partial charge in [0.15, 0.2) is 23.0 Å². The molecule has 1 aliphatic rings. The van der Waals surface area contributed by atoms with Gasteiger partial charge < -0.3 is 23.7 Å². The molecule has 0 N–H and O–H groups in total. The minimum Gasteiger partial charge on any atom is -0.493 e. The number of ether oxygens (including phenoxy) is 5. The number of benzene rings is 2. The van der Waals surface area contributed by atoms with Gasteiger partial charge in [0.25, 0.3) is 0 Å². The number of rotatable bonds is 2. The molecule has 0 amide bonds. The summed E-state index contributed by atoms with van der Waals surface area (Å²) >= 11 is 0. The summed E-state index contributed by atoms with van der Waals surface area (Å²) in [6.45, 7) is 1.87. The fraction of sp³-hybridized carbons (Fsp3) is 0.364. The maximum atomic E-state index is 5.83. The van der Waals surface area contributed by atoms with Crippen molar-refractivity contribution in [3.8, 4) is 23.0 Å². The normalized spacial score (nSPS) is 16.4. The van der Waals surface area contributed by atoms with Crippen molar-refractivity contribution in [1.29, 1.82) is 0 Å². The Hall–Kier alpha value is -2.66. The lowest BCUT2D eigenvalue weighted by molar-refractivity contribution is 0.0750. The molecule has 0 radical (unpaired) electrons. The topological polar surface area (TPSA) is 46.2 Å². The number of hydrogen-bond acceptors (Lipinski definition) is 5. The Labute approximate surface area is 160 Å². The van der Waals surface area contributed by atoms with Crippen molar-refractivity contribution < 1.29 is 23.7 Å². The first kappa shape index (κ1) is 19.1. The predicted octanol–water partition coefficient (Wildman–Crippen LogP) is 3.83. The van der Waals surface area contributed by atoms with E-state index in [2.05, 4.69) is 24.3 Å². The van der Waals surface area contributed by atoms with Gasteiger partial charge in [0.05, 0.1) is 27.4 Å². The lowest BCUT2D eigenvalue weighted by atomic mass is 10.1. The smallest absolute Gasteiger partial charge is 0.164 e. The van der Waals surface area contributed by atoms with Crippen LogP contribution in [-0.4, -0.2) is 40.6 Å². The van der Waals surface area contributed by atoms with Crippen LogP contribution in [0.2, 0.25) is 0 Å². The first-order chi connectivity index (χ1) is 13.3. The molecule has 0 aromatic heterocycles. The highest BCUT2D eigenvalue weighted by atomic mass is 16.6. The maximum Gasteiger partial charge on any atom is 0.164 e. The molecule has 2 aromatic carbocycles. The third-order valence-electron chi connectivity index (χ3n) is 4.34. The van der Waals surface area contributed by atoms with Gasteiger partial charge in [0.1, 0.15) is 13.2 Å². The molecule has 3 rings (SSSR count). The van der Waals surface area contributed by atoms with Crippen molar-refractivity contribution in [2.45, 2.75) is 12.8 Å². The van der Waals surface area contributed by atoms with Gasteiger partial charge in [-0.25, -0.2) is 0 Å². The van der Waals surface area contributed by atoms with Crippen LogP contribution < -0.4 is 18.9 Å². The van der Waals surface area contributed by atoms with Gasteiger partial charge in [-0.15, -0.1) is 0 Å². The number of methoxy groups -OCH3 is 2. The minimum atomic E-state index is 0.453. The Morgan fingerprint density at radius 3 is 1.59 bits per heavy atom. The summed E-state index contributed by atoms with van der Waals surface area (Å²) in [7, 11) is 3.34. The third-order valence-corrected chi connectivity index (χ3v) is 4.34. The van der Waals surface area contributed by atoms with E-state index < -0.39 is 0 Å². The van der Waals surface area contributed by atoms with Crippen LogP contribution in [0.4, 0.5) is 0 Å². The monoisotopic (exact) mass is 370 g/mol. The Bertz CT molecular complexity index is 706. The van der Waals surface area contributed by atoms with Crippen LogP contribution in [0.5, 0.6) is 23.0 Å². The molecule has 4 bridgehead atoms. The van der Waals surface area contributed by atoms with E-state index in [1.165, 1.54) is 0 Å². The van der Waals surface area contributed by atoms with Gasteiger partial charge >= 0.3 is 0 Å². The zero-order valence-electron chi connectivity index (χ0n) is 15.9. The van der Waals surface area contributed by atoms with Crippen LogP contribution in [0.15, 0.2) is 48.6 Å². The van der Waals surface area contributed by atoms with Crippen LogP contribution in [0.3, 0.4) is 0 Å². The summed E-state index contributed by atoms with van der Waals surface area (Å²) in [5.41, 5.74) is 2.17. The van der Waals surface area contributed by atoms with Gasteiger partial charge in [-0.3, -0.25) is 0 Å². The fourth-order valence-electron chi connectivity index (χ4n) is 3.08. The van der Waals surface area contributed by atoms with E-state index in [1.54, 1.807) is 14.2 Å². The average molecular weight is 370 g/mol. The standard InChI is InChI=1S/C22H26O5/c1-23-21-17-7-3-4-8-18-10-6-12-20(22(18)24-2)27-16-14-25-13-15-26-19(21)11-5-9-17/h3-6,9-12H,7-8,13-16H2,1-2H3/b4-3-. The molecular formula is C22H26O5. The van der Waals surface area contributed by atoms with Crippen LogP contribution in [0, 0.1) is 0 Å². The molecule has 0 unspecified atom stereocenters. The van der Waals surface area contributed by atoms with E-state index in [4.69, 9.17) is 23.7 Å². The van der Waals surface area contributed by atoms with Crippen LogP contribution >= 0.6 is 0 Å². The van der Waals surface area contributed by atoms with Crippen LogP contribution in [-0.2, 0) is 17.6 Å². The first-order valence-corrected chi connectivity index (χ1v) is 9.13. The van der Waals surface area contributed by atoms with Crippen molar-refractivity contribution in [2.75, 3.05) is 40.6 Å². The van der Waals surface area contributed by atoms with E-state index in [-0.39, 0.29) is 0 Å². The quantitative estimate of drug-likeness (QED) is 0.752. The molecule has 0 saturated heterocycles. The maximum absolute atomic E-state index is 5.83. The molecule has 5 heteroatoms. The van der Waals surface area contributed by atoms with E-state index >= 15 is 0 Å². The molecule has 0 fully saturated rings. The third kappa shape index (κ3) is 4.95. The molecule has 0 aliphatic carbocycles. The Morgan fingerprint density at radius 1 is 0.667 bits per heavy atom. The van der Waals surface area contributed by atoms with Crippen molar-refractivity contribution in [1.82, 2.24) is 0 Å². The molecule has 0 spiro atoms. The highest BCUT2D eigenvalue weighted by Crippen LogP contribution is 2.33. The molecule has 1 heterocycles. The average Bonchev–Trinajstić information content (AvgIpc) is 2.70. The van der Waals surface area contributed by atoms with E-state index in [0.717, 1.165) is 47.0 Å². The van der Waals surface area contributed by atoms with Gasteiger partial charge in [0, 0.05) is 11.1 Å². The second kappa shape index (κ2) is 9.88. The van der Waals surface area contributed by atoms with E-state index in [0.29, 0.717) is 26.4 Å². The zero-order valence-corrected chi connectivity index (χ0v) is 15.9. The summed E-state index contributed by atoms with van der Waals surface area (Å²) in [5, 5.41) is 0. The number of allylic oxidation sites excluding steroid dienone is 2. The molecular weight excluding hydrogens is 344 g/mol. The molecule has 144 valence electrons. The van der Waals surface area contributed by atoms with Crippen molar-refractivity contribution in [3.63, 3.8) is 0 Å². The zero-order chi connectivity index (χ0) is 18.9. The number of para-hydroxylation sites is 2. The van der Waals surface area contributed by atoms with Crippen molar-refractivity contribution in [2.24, 2.45) is 0 Å². The van der Waals surface area contributed by atoms with Gasteiger partial charge in [-0.2, -0.15) is 0 Å². The molecule has 0 atom stereocenters. The summed E-state index contributed by atoms with van der Waals surface area (Å²) in [6, 6.07) is 11.9. The highest BCUT2D eigenvalue weighted by molar-refractivity contribution is 5.48. The minimum absolute atomic E-state index is 0.453. The Kier molecular flexibility index (Phi) is 6.99. The predicted molar refractivity (Wildman–Crippen MR) is 104 cm³/mol. The number of hydrogen-bond donors (Lipinski definition) is 0. The largest absolute Gasteiger partial charge is 0.493 e. The summed E-state index contributed by atoms with van der Waals surface area (Å²) in [6.07, 6.45) is 5.79. The van der Waals surface area contributed by atoms with Crippen molar-refractivity contribution in [3.05, 3.63) is 59.7 Å². The van der Waals surface area contributed by atoms with E-state index in [9.17, 15) is 0 Å². The number of fused-ring (bicyclic) bond motifs is 4. The van der Waals surface area contributed by atoms with Gasteiger partial charge in [-0.05, 0) is 25.0 Å². The van der Waals surface area contributed by atoms with Crippen LogP contribution in [0.1, 0.15) is 11.1 Å². The first-order valence-electron chi connectivity index (χ1n) is 9.13. The summed E-state index contributed by atoms with van der Waals surface area (Å²) in [5.74, 6) is 3.02. The second-order valence-electron chi connectivity index (χ2n) is 6.09. The van der Waals surface area contributed by atoms with Gasteiger partial charge in [0.2, 0.25) is 0 Å². The van der Waals surface area contributed by atoms with Gasteiger partial charge in [-0.1, -0.05) is 36.4 Å². The lowest BCUT2D eigenvalue weighted by Gasteiger charge is -2.14. The molecule has 0 saturated carbocycles. The molecule has 2 aromatic rings.